The normalized spacial score (nSPS) is 13.4. The van der Waals surface area contributed by atoms with Gasteiger partial charge in [0.2, 0.25) is 0 Å². The van der Waals surface area contributed by atoms with E-state index in [1.54, 1.807) is 14.2 Å². The third kappa shape index (κ3) is 2.48. The highest BCUT2D eigenvalue weighted by Gasteiger charge is 2.47. The monoisotopic (exact) mass is 380 g/mol. The van der Waals surface area contributed by atoms with Crippen LogP contribution in [0.2, 0.25) is 0 Å². The third-order valence-corrected chi connectivity index (χ3v) is 5.74. The minimum Gasteiger partial charge on any atom is -0.497 e. The molecule has 0 spiro atoms. The average molecular weight is 380 g/mol. The van der Waals surface area contributed by atoms with Gasteiger partial charge in [-0.3, -0.25) is 0 Å². The van der Waals surface area contributed by atoms with Crippen molar-refractivity contribution in [3.63, 3.8) is 0 Å². The van der Waals surface area contributed by atoms with Crippen LogP contribution in [-0.4, -0.2) is 14.2 Å². The zero-order valence-electron chi connectivity index (χ0n) is 16.5. The quantitative estimate of drug-likeness (QED) is 0.313. The van der Waals surface area contributed by atoms with Gasteiger partial charge in [0.05, 0.1) is 25.3 Å². The molecule has 0 saturated carbocycles. The fraction of sp³-hybridized carbons (Fsp3) is 0.0769. The first-order valence-electron chi connectivity index (χ1n) is 9.67. The van der Waals surface area contributed by atoms with Gasteiger partial charge in [0, 0.05) is 36.4 Å². The number of rotatable bonds is 4. The highest BCUT2D eigenvalue weighted by atomic mass is 16.5. The van der Waals surface area contributed by atoms with E-state index in [1.807, 2.05) is 24.3 Å². The molecule has 1 aliphatic heterocycles. The Kier molecular flexibility index (Phi) is 4.11. The summed E-state index contributed by atoms with van der Waals surface area (Å²) in [5.74, 6) is 1.70. The van der Waals surface area contributed by atoms with E-state index in [1.165, 1.54) is 22.5 Å². The van der Waals surface area contributed by atoms with Gasteiger partial charge < -0.3 is 9.47 Å². The Bertz CT molecular complexity index is 1070. The van der Waals surface area contributed by atoms with Gasteiger partial charge in [-0.15, -0.1) is 0 Å². The maximum atomic E-state index is 5.42. The number of hydrogen-bond acceptors (Lipinski definition) is 2. The number of benzene rings is 4. The van der Waals surface area contributed by atoms with Crippen molar-refractivity contribution in [2.24, 2.45) is 0 Å². The average Bonchev–Trinajstić information content (AvgIpc) is 3.11. The minimum atomic E-state index is 0.528. The zero-order chi connectivity index (χ0) is 19.8. The van der Waals surface area contributed by atoms with Crippen LogP contribution in [0.4, 0.5) is 22.7 Å². The van der Waals surface area contributed by atoms with Crippen LogP contribution in [0.3, 0.4) is 0 Å². The van der Waals surface area contributed by atoms with Crippen molar-refractivity contribution in [1.29, 1.82) is 0 Å². The molecule has 0 bridgehead atoms. The van der Waals surface area contributed by atoms with E-state index in [2.05, 4.69) is 72.8 Å². The van der Waals surface area contributed by atoms with Crippen LogP contribution in [-0.2, 0) is 0 Å². The summed E-state index contributed by atoms with van der Waals surface area (Å²) in [6.07, 6.45) is 0. The van der Waals surface area contributed by atoms with E-state index in [0.717, 1.165) is 22.9 Å². The Morgan fingerprint density at radius 3 is 1.24 bits per heavy atom. The van der Waals surface area contributed by atoms with E-state index in [0.29, 0.717) is 4.48 Å². The molecule has 29 heavy (non-hydrogen) atoms. The highest BCUT2D eigenvalue weighted by molar-refractivity contribution is 6.02. The molecular formula is C26H22NO2+. The molecule has 3 nitrogen and oxygen atoms in total. The van der Waals surface area contributed by atoms with Crippen LogP contribution in [0, 0.1) is 0 Å². The molecule has 0 atom stereocenters. The lowest BCUT2D eigenvalue weighted by atomic mass is 10.1. The molecule has 3 heteroatoms. The van der Waals surface area contributed by atoms with Gasteiger partial charge in [-0.25, -0.2) is 0 Å². The summed E-state index contributed by atoms with van der Waals surface area (Å²) in [4.78, 5) is 0. The van der Waals surface area contributed by atoms with Gasteiger partial charge in [-0.05, 0) is 36.4 Å². The van der Waals surface area contributed by atoms with Gasteiger partial charge in [-0.1, -0.05) is 24.3 Å². The Balaban J connectivity index is 1.88. The SMILES string of the molecule is COc1ccc([N+]2(c3ccc(OC)cc3)c3ccccc3-c3ccccc32)cc1. The molecule has 0 unspecified atom stereocenters. The number of methoxy groups -OCH3 is 2. The Morgan fingerprint density at radius 1 is 0.483 bits per heavy atom. The summed E-state index contributed by atoms with van der Waals surface area (Å²) in [6, 6.07) is 34.1. The van der Waals surface area contributed by atoms with Crippen molar-refractivity contribution in [2.75, 3.05) is 14.2 Å². The summed E-state index contributed by atoms with van der Waals surface area (Å²) in [6.45, 7) is 0. The van der Waals surface area contributed by atoms with Crippen LogP contribution in [0.15, 0.2) is 97.1 Å². The molecular weight excluding hydrogens is 358 g/mol. The topological polar surface area (TPSA) is 18.5 Å². The third-order valence-electron chi connectivity index (χ3n) is 5.74. The second-order valence-electron chi connectivity index (χ2n) is 7.10. The van der Waals surface area contributed by atoms with Gasteiger partial charge >= 0.3 is 0 Å². The maximum Gasteiger partial charge on any atom is 0.156 e. The van der Waals surface area contributed by atoms with Crippen molar-refractivity contribution in [3.8, 4) is 22.6 Å². The standard InChI is InChI=1S/C26H22NO2/c1-28-21-15-11-19(12-16-21)27(20-13-17-22(29-2)18-14-20)25-9-5-3-7-23(25)24-8-4-6-10-26(24)27/h3-18H,1-2H3/q+1. The number of hydrogen-bond donors (Lipinski definition) is 0. The van der Waals surface area contributed by atoms with E-state index in [9.17, 15) is 0 Å². The summed E-state index contributed by atoms with van der Waals surface area (Å²) in [5.41, 5.74) is 7.32. The van der Waals surface area contributed by atoms with E-state index in [4.69, 9.17) is 9.47 Å². The first-order valence-corrected chi connectivity index (χ1v) is 9.67. The van der Waals surface area contributed by atoms with Crippen molar-refractivity contribution in [3.05, 3.63) is 97.1 Å². The van der Waals surface area contributed by atoms with Crippen LogP contribution in [0.5, 0.6) is 11.5 Å². The molecule has 1 heterocycles. The Labute approximate surface area is 171 Å². The van der Waals surface area contributed by atoms with Gasteiger partial charge in [0.15, 0.2) is 11.4 Å². The van der Waals surface area contributed by atoms with Gasteiger partial charge in [-0.2, -0.15) is 4.48 Å². The number of nitrogens with zero attached hydrogens (tertiary/aromatic N) is 1. The summed E-state index contributed by atoms with van der Waals surface area (Å²) < 4.78 is 11.4. The molecule has 142 valence electrons. The lowest BCUT2D eigenvalue weighted by molar-refractivity contribution is 0.414. The molecule has 4 aromatic carbocycles. The molecule has 0 aliphatic carbocycles. The second-order valence-corrected chi connectivity index (χ2v) is 7.10. The van der Waals surface area contributed by atoms with Crippen LogP contribution in [0.25, 0.3) is 11.1 Å². The van der Waals surface area contributed by atoms with Crippen molar-refractivity contribution in [2.45, 2.75) is 0 Å². The lowest BCUT2D eigenvalue weighted by Gasteiger charge is -2.34. The smallest absolute Gasteiger partial charge is 0.156 e. The zero-order valence-corrected chi connectivity index (χ0v) is 16.5. The van der Waals surface area contributed by atoms with Crippen molar-refractivity contribution in [1.82, 2.24) is 4.48 Å². The predicted molar refractivity (Wildman–Crippen MR) is 119 cm³/mol. The molecule has 0 saturated heterocycles. The molecule has 0 N–H and O–H groups in total. The first-order chi connectivity index (χ1) is 14.3. The second kappa shape index (κ2) is 6.80. The van der Waals surface area contributed by atoms with E-state index in [-0.39, 0.29) is 0 Å². The molecule has 0 aromatic heterocycles. The number of quaternary nitrogens is 1. The van der Waals surface area contributed by atoms with E-state index >= 15 is 0 Å². The van der Waals surface area contributed by atoms with Crippen LogP contribution < -0.4 is 14.0 Å². The molecule has 4 aromatic rings. The summed E-state index contributed by atoms with van der Waals surface area (Å²) in [7, 11) is 3.40. The number of ether oxygens (including phenoxy) is 2. The molecule has 0 fully saturated rings. The molecule has 0 radical (unpaired) electrons. The minimum absolute atomic E-state index is 0.528. The maximum absolute atomic E-state index is 5.42. The Morgan fingerprint density at radius 2 is 0.862 bits per heavy atom. The molecule has 0 amide bonds. The van der Waals surface area contributed by atoms with E-state index < -0.39 is 0 Å². The highest BCUT2D eigenvalue weighted by Crippen LogP contribution is 2.62. The first kappa shape index (κ1) is 17.5. The Hall–Kier alpha value is -3.56. The molecule has 1 aliphatic rings. The van der Waals surface area contributed by atoms with Crippen molar-refractivity contribution < 1.29 is 9.47 Å². The van der Waals surface area contributed by atoms with Gasteiger partial charge in [0.1, 0.15) is 22.9 Å². The van der Waals surface area contributed by atoms with Gasteiger partial charge in [0.25, 0.3) is 0 Å². The van der Waals surface area contributed by atoms with Crippen LogP contribution in [0.1, 0.15) is 0 Å². The lowest BCUT2D eigenvalue weighted by Crippen LogP contribution is -2.31. The molecule has 5 rings (SSSR count). The van der Waals surface area contributed by atoms with Crippen molar-refractivity contribution >= 4 is 22.7 Å². The predicted octanol–water partition coefficient (Wildman–Crippen LogP) is 6.99. The number of fused-ring (bicyclic) bond motifs is 3. The largest absolute Gasteiger partial charge is 0.497 e. The summed E-state index contributed by atoms with van der Waals surface area (Å²) >= 11 is 0. The fourth-order valence-electron chi connectivity index (χ4n) is 4.43. The van der Waals surface area contributed by atoms with Crippen LogP contribution >= 0.6 is 0 Å². The summed E-state index contributed by atoms with van der Waals surface area (Å²) in [5, 5.41) is 0. The number of para-hydroxylation sites is 2. The fourth-order valence-corrected chi connectivity index (χ4v) is 4.43.